The Balaban J connectivity index is 1.53. The van der Waals surface area contributed by atoms with Gasteiger partial charge in [0, 0.05) is 0 Å². The van der Waals surface area contributed by atoms with Gasteiger partial charge in [0.05, 0.1) is 98.1 Å². The maximum absolute atomic E-state index is 9.38. The molecular weight excluding hydrogens is 644 g/mol. The second kappa shape index (κ2) is 26.1. The van der Waals surface area contributed by atoms with Gasteiger partial charge in [-0.1, -0.05) is 91.0 Å². The minimum Gasteiger partial charge on any atom is -0.394 e. The van der Waals surface area contributed by atoms with Crippen molar-refractivity contribution in [2.45, 2.75) is 50.5 Å². The molecule has 0 amide bonds. The van der Waals surface area contributed by atoms with Crippen LogP contribution in [-0.4, -0.2) is 120 Å². The van der Waals surface area contributed by atoms with Crippen LogP contribution in [0.2, 0.25) is 0 Å². The standard InChI is InChI=1S/C39H56O11/c1-31(48-28-37(45-21-18-40)33-12-6-3-7-13-33)24-43-26-36(50-30-39(47-23-20-42)35-16-10-5-11-17-35)27-44-25-32(2)49-29-38(46-22-19-41)34-14-8-4-9-15-34/h3-17,31-32,36-42H,18-30H2,1-2H3. The molecule has 3 aromatic rings. The Bertz CT molecular complexity index is 1140. The molecule has 11 heteroatoms. The molecular formula is C39H56O11. The van der Waals surface area contributed by atoms with Crippen LogP contribution in [0, 0.1) is 0 Å². The van der Waals surface area contributed by atoms with Gasteiger partial charge in [-0.05, 0) is 30.5 Å². The molecule has 3 N–H and O–H groups in total. The average molecular weight is 701 g/mol. The molecule has 0 aliphatic carbocycles. The zero-order chi connectivity index (χ0) is 35.7. The number of aliphatic hydroxyl groups is 3. The van der Waals surface area contributed by atoms with Gasteiger partial charge in [-0.15, -0.1) is 0 Å². The summed E-state index contributed by atoms with van der Waals surface area (Å²) in [5.41, 5.74) is 2.89. The second-order valence-electron chi connectivity index (χ2n) is 11.8. The van der Waals surface area contributed by atoms with E-state index in [4.69, 9.17) is 37.9 Å². The molecule has 0 aliphatic rings. The first-order valence-corrected chi connectivity index (χ1v) is 17.4. The van der Waals surface area contributed by atoms with Gasteiger partial charge >= 0.3 is 0 Å². The lowest BCUT2D eigenvalue weighted by atomic mass is 10.1. The Morgan fingerprint density at radius 2 is 0.720 bits per heavy atom. The minimum absolute atomic E-state index is 0.0697. The summed E-state index contributed by atoms with van der Waals surface area (Å²) in [5.74, 6) is 0. The molecule has 0 fully saturated rings. The smallest absolute Gasteiger partial charge is 0.106 e. The molecule has 0 saturated carbocycles. The van der Waals surface area contributed by atoms with Gasteiger partial charge in [0.25, 0.3) is 0 Å². The van der Waals surface area contributed by atoms with Crippen LogP contribution in [-0.2, 0) is 37.9 Å². The summed E-state index contributed by atoms with van der Waals surface area (Å²) in [6, 6.07) is 29.3. The van der Waals surface area contributed by atoms with Crippen molar-refractivity contribution in [2.24, 2.45) is 0 Å². The molecule has 3 aromatic carbocycles. The molecule has 0 bridgehead atoms. The first kappa shape index (κ1) is 41.6. The largest absolute Gasteiger partial charge is 0.394 e. The summed E-state index contributed by atoms with van der Waals surface area (Å²) in [6.45, 7) is 6.24. The van der Waals surface area contributed by atoms with E-state index in [0.717, 1.165) is 16.7 Å². The van der Waals surface area contributed by atoms with Crippen LogP contribution in [0.25, 0.3) is 0 Å². The molecule has 0 heterocycles. The first-order chi connectivity index (χ1) is 24.5. The van der Waals surface area contributed by atoms with Crippen LogP contribution in [0.5, 0.6) is 0 Å². The maximum atomic E-state index is 9.38. The molecule has 50 heavy (non-hydrogen) atoms. The van der Waals surface area contributed by atoms with E-state index in [0.29, 0.717) is 26.4 Å². The predicted octanol–water partition coefficient (Wildman–Crippen LogP) is 4.47. The number of benzene rings is 3. The molecule has 0 spiro atoms. The van der Waals surface area contributed by atoms with E-state index < -0.39 is 6.10 Å². The summed E-state index contributed by atoms with van der Waals surface area (Å²) >= 11 is 0. The number of hydrogen-bond donors (Lipinski definition) is 3. The third kappa shape index (κ3) is 17.0. The first-order valence-electron chi connectivity index (χ1n) is 17.4. The summed E-state index contributed by atoms with van der Waals surface area (Å²) in [6.07, 6.45) is -1.88. The van der Waals surface area contributed by atoms with Gasteiger partial charge in [-0.2, -0.15) is 0 Å². The fourth-order valence-electron chi connectivity index (χ4n) is 5.01. The van der Waals surface area contributed by atoms with Crippen molar-refractivity contribution in [3.8, 4) is 0 Å². The Morgan fingerprint density at radius 3 is 1.04 bits per heavy atom. The summed E-state index contributed by atoms with van der Waals surface area (Å²) in [4.78, 5) is 0. The van der Waals surface area contributed by atoms with Crippen molar-refractivity contribution in [3.05, 3.63) is 108 Å². The zero-order valence-electron chi connectivity index (χ0n) is 29.4. The minimum atomic E-state index is -0.423. The van der Waals surface area contributed by atoms with Gasteiger partial charge in [0.1, 0.15) is 24.4 Å². The van der Waals surface area contributed by atoms with E-state index in [1.165, 1.54) is 0 Å². The predicted molar refractivity (Wildman–Crippen MR) is 189 cm³/mol. The van der Waals surface area contributed by atoms with E-state index in [1.807, 2.05) is 105 Å². The summed E-state index contributed by atoms with van der Waals surface area (Å²) in [7, 11) is 0. The molecule has 0 saturated heterocycles. The van der Waals surface area contributed by atoms with Crippen molar-refractivity contribution in [2.75, 3.05) is 85.9 Å². The monoisotopic (exact) mass is 700 g/mol. The molecule has 0 aliphatic heterocycles. The number of aliphatic hydroxyl groups excluding tert-OH is 3. The highest BCUT2D eigenvalue weighted by molar-refractivity contribution is 5.19. The number of hydrogen-bond acceptors (Lipinski definition) is 11. The Kier molecular flexibility index (Phi) is 21.7. The molecule has 3 rings (SSSR count). The lowest BCUT2D eigenvalue weighted by molar-refractivity contribution is -0.120. The van der Waals surface area contributed by atoms with Crippen molar-refractivity contribution < 1.29 is 53.2 Å². The van der Waals surface area contributed by atoms with E-state index in [9.17, 15) is 15.3 Å². The maximum Gasteiger partial charge on any atom is 0.106 e. The normalized spacial score (nSPS) is 15.3. The Hall–Kier alpha value is -2.78. The zero-order valence-corrected chi connectivity index (χ0v) is 29.4. The molecule has 278 valence electrons. The lowest BCUT2D eigenvalue weighted by Crippen LogP contribution is -2.32. The quantitative estimate of drug-likeness (QED) is 0.0948. The molecule has 11 nitrogen and oxygen atoms in total. The lowest BCUT2D eigenvalue weighted by Gasteiger charge is -2.25. The summed E-state index contributed by atoms with van der Waals surface area (Å²) in [5, 5.41) is 27.9. The number of rotatable bonds is 29. The van der Waals surface area contributed by atoms with Crippen LogP contribution in [0.1, 0.15) is 48.8 Å². The van der Waals surface area contributed by atoms with E-state index in [1.54, 1.807) is 0 Å². The average Bonchev–Trinajstić information content (AvgIpc) is 3.15. The fraction of sp³-hybridized carbons (Fsp3) is 0.538. The topological polar surface area (TPSA) is 135 Å². The van der Waals surface area contributed by atoms with Crippen molar-refractivity contribution >= 4 is 0 Å². The second-order valence-corrected chi connectivity index (χ2v) is 11.8. The van der Waals surface area contributed by atoms with Crippen LogP contribution in [0.15, 0.2) is 91.0 Å². The highest BCUT2D eigenvalue weighted by Crippen LogP contribution is 2.21. The van der Waals surface area contributed by atoms with E-state index in [-0.39, 0.29) is 90.0 Å². The molecule has 0 radical (unpaired) electrons. The highest BCUT2D eigenvalue weighted by atomic mass is 16.6. The molecule has 5 unspecified atom stereocenters. The van der Waals surface area contributed by atoms with Crippen molar-refractivity contribution in [1.82, 2.24) is 0 Å². The molecule has 5 atom stereocenters. The van der Waals surface area contributed by atoms with Crippen molar-refractivity contribution in [1.29, 1.82) is 0 Å². The number of ether oxygens (including phenoxy) is 8. The Labute approximate surface area is 297 Å². The Morgan fingerprint density at radius 1 is 0.400 bits per heavy atom. The third-order valence-corrected chi connectivity index (χ3v) is 7.61. The van der Waals surface area contributed by atoms with Gasteiger partial charge in [0.15, 0.2) is 0 Å². The van der Waals surface area contributed by atoms with Crippen LogP contribution < -0.4 is 0 Å². The van der Waals surface area contributed by atoms with Crippen molar-refractivity contribution in [3.63, 3.8) is 0 Å². The van der Waals surface area contributed by atoms with E-state index >= 15 is 0 Å². The van der Waals surface area contributed by atoms with E-state index in [2.05, 4.69) is 0 Å². The molecule has 0 aromatic heterocycles. The van der Waals surface area contributed by atoms with Gasteiger partial charge < -0.3 is 53.2 Å². The SMILES string of the molecule is CC(COCC(COCC(C)OCC(OCCO)c1ccccc1)OCC(OCCO)c1ccccc1)OCC(OCCO)c1ccccc1. The van der Waals surface area contributed by atoms with Crippen LogP contribution in [0.4, 0.5) is 0 Å². The highest BCUT2D eigenvalue weighted by Gasteiger charge is 2.20. The van der Waals surface area contributed by atoms with Gasteiger partial charge in [-0.3, -0.25) is 0 Å². The van der Waals surface area contributed by atoms with Crippen LogP contribution >= 0.6 is 0 Å². The van der Waals surface area contributed by atoms with Gasteiger partial charge in [0.2, 0.25) is 0 Å². The van der Waals surface area contributed by atoms with Crippen LogP contribution in [0.3, 0.4) is 0 Å². The summed E-state index contributed by atoms with van der Waals surface area (Å²) < 4.78 is 48.1. The van der Waals surface area contributed by atoms with Gasteiger partial charge in [-0.25, -0.2) is 0 Å². The fourth-order valence-corrected chi connectivity index (χ4v) is 5.01. The third-order valence-electron chi connectivity index (χ3n) is 7.61.